The molecule has 0 fully saturated rings. The van der Waals surface area contributed by atoms with Gasteiger partial charge in [-0.3, -0.25) is 4.79 Å². The lowest BCUT2D eigenvalue weighted by Gasteiger charge is -2.26. The molecule has 1 atom stereocenters. The Morgan fingerprint density at radius 2 is 1.33 bits per heavy atom. The molecule has 0 spiro atoms. The van der Waals surface area contributed by atoms with Gasteiger partial charge >= 0.3 is 6.18 Å². The van der Waals surface area contributed by atoms with Gasteiger partial charge < -0.3 is 11.5 Å². The third-order valence-corrected chi connectivity index (χ3v) is 6.39. The summed E-state index contributed by atoms with van der Waals surface area (Å²) in [6.45, 7) is 5.96. The van der Waals surface area contributed by atoms with Gasteiger partial charge in [-0.2, -0.15) is 13.2 Å². The minimum atomic E-state index is -4.48. The minimum Gasteiger partial charge on any atom is -0.363 e. The van der Waals surface area contributed by atoms with Crippen LogP contribution in [0, 0.1) is 6.92 Å². The number of nitrogens with two attached hydrogens (primary N) is 2. The van der Waals surface area contributed by atoms with Gasteiger partial charge in [-0.1, -0.05) is 74.5 Å². The number of carbonyl (C=O) groups is 1. The second-order valence-electron chi connectivity index (χ2n) is 9.15. The highest BCUT2D eigenvalue weighted by Crippen LogP contribution is 2.34. The Bertz CT molecular complexity index is 1370. The number of aromatic nitrogens is 3. The van der Waals surface area contributed by atoms with E-state index in [-0.39, 0.29) is 16.8 Å². The van der Waals surface area contributed by atoms with Crippen molar-refractivity contribution in [3.05, 3.63) is 101 Å². The van der Waals surface area contributed by atoms with E-state index in [0.717, 1.165) is 27.9 Å². The number of carbonyl (C=O) groups excluding carboxylic acids is 1. The van der Waals surface area contributed by atoms with Crippen molar-refractivity contribution < 1.29 is 18.0 Å². The van der Waals surface area contributed by atoms with E-state index >= 15 is 0 Å². The van der Waals surface area contributed by atoms with Gasteiger partial charge in [-0.05, 0) is 46.9 Å². The molecule has 0 saturated carbocycles. The minimum absolute atomic E-state index is 0.0272. The molecule has 6 nitrogen and oxygen atoms in total. The highest BCUT2D eigenvalue weighted by molar-refractivity contribution is 5.88. The largest absolute Gasteiger partial charge is 0.407 e. The lowest BCUT2D eigenvalue weighted by molar-refractivity contribution is -0.149. The van der Waals surface area contributed by atoms with Crippen molar-refractivity contribution in [2.75, 3.05) is 0 Å². The molecule has 0 saturated heterocycles. The van der Waals surface area contributed by atoms with Crippen LogP contribution in [0.1, 0.15) is 53.0 Å². The summed E-state index contributed by atoms with van der Waals surface area (Å²) in [5, 5.41) is 4.16. The summed E-state index contributed by atoms with van der Waals surface area (Å²) >= 11 is 0. The molecule has 0 aliphatic rings. The van der Waals surface area contributed by atoms with Crippen LogP contribution in [0.3, 0.4) is 0 Å². The summed E-state index contributed by atoms with van der Waals surface area (Å²) in [4.78, 5) is 15.5. The number of nitrogens with zero attached hydrogens (tertiary/aromatic N) is 3. The van der Waals surface area contributed by atoms with Crippen molar-refractivity contribution >= 4 is 5.91 Å². The fraction of sp³-hybridized carbons (Fsp3) is 0.222. The van der Waals surface area contributed by atoms with Gasteiger partial charge in [0.25, 0.3) is 5.91 Å². The maximum Gasteiger partial charge on any atom is 0.407 e. The van der Waals surface area contributed by atoms with E-state index in [2.05, 4.69) is 23.9 Å². The summed E-state index contributed by atoms with van der Waals surface area (Å²) in [6, 6.07) is 19.9. The van der Waals surface area contributed by atoms with Crippen LogP contribution in [-0.4, -0.2) is 26.8 Å². The summed E-state index contributed by atoms with van der Waals surface area (Å²) in [6.07, 6.45) is -4.48. The van der Waals surface area contributed by atoms with Gasteiger partial charge in [0.1, 0.15) is 11.9 Å². The molecule has 0 radical (unpaired) electrons. The van der Waals surface area contributed by atoms with E-state index in [1.54, 1.807) is 23.7 Å². The van der Waals surface area contributed by atoms with E-state index in [1.807, 2.05) is 48.5 Å². The third kappa shape index (κ3) is 4.87. The lowest BCUT2D eigenvalue weighted by atomic mass is 9.78. The highest BCUT2D eigenvalue weighted by Gasteiger charge is 2.37. The Hall–Kier alpha value is -3.98. The topological polar surface area (TPSA) is 99.8 Å². The molecule has 186 valence electrons. The number of aryl methyl sites for hydroxylation is 1. The Labute approximate surface area is 206 Å². The molecule has 0 bridgehead atoms. The normalized spacial score (nSPS) is 13.0. The fourth-order valence-electron chi connectivity index (χ4n) is 4.08. The number of hydrogen-bond acceptors (Lipinski definition) is 4. The average molecular weight is 494 g/mol. The van der Waals surface area contributed by atoms with Crippen LogP contribution in [0.2, 0.25) is 0 Å². The van der Waals surface area contributed by atoms with E-state index in [4.69, 9.17) is 11.5 Å². The zero-order valence-electron chi connectivity index (χ0n) is 20.0. The summed E-state index contributed by atoms with van der Waals surface area (Å²) in [7, 11) is 0. The van der Waals surface area contributed by atoms with Gasteiger partial charge in [0, 0.05) is 5.41 Å². The Morgan fingerprint density at radius 1 is 0.861 bits per heavy atom. The number of rotatable bonds is 6. The number of hydrogen-bond donors (Lipinski definition) is 2. The fourth-order valence-corrected chi connectivity index (χ4v) is 4.08. The van der Waals surface area contributed by atoms with Crippen molar-refractivity contribution in [2.24, 2.45) is 11.5 Å². The van der Waals surface area contributed by atoms with Gasteiger partial charge in [-0.25, -0.2) is 9.67 Å². The monoisotopic (exact) mass is 493 g/mol. The van der Waals surface area contributed by atoms with Crippen LogP contribution in [0.25, 0.3) is 16.8 Å². The maximum atomic E-state index is 12.9. The van der Waals surface area contributed by atoms with Crippen molar-refractivity contribution in [3.63, 3.8) is 0 Å². The second kappa shape index (κ2) is 9.23. The van der Waals surface area contributed by atoms with Crippen molar-refractivity contribution in [1.82, 2.24) is 14.8 Å². The van der Waals surface area contributed by atoms with Crippen LogP contribution >= 0.6 is 0 Å². The molecule has 0 aliphatic heterocycles. The average Bonchev–Trinajstić information content (AvgIpc) is 3.25. The first-order chi connectivity index (χ1) is 16.9. The number of amides is 1. The zero-order chi connectivity index (χ0) is 26.3. The molecule has 0 unspecified atom stereocenters. The standard InChI is InChI=1S/C27H26F3N5O/c1-16-33-25(24(32)36)34-35(16)22-14-12-21(13-15-22)26(2,3)20-10-8-18(9-11-20)17-4-6-19(7-5-17)23(31)27(28,29)30/h4-15,23H,31H2,1-3H3,(H2,32,36)/t23-/m1/s1. The molecular formula is C27H26F3N5O. The number of alkyl halides is 3. The molecule has 0 aliphatic carbocycles. The molecule has 36 heavy (non-hydrogen) atoms. The molecular weight excluding hydrogens is 467 g/mol. The van der Waals surface area contributed by atoms with Crippen molar-refractivity contribution in [1.29, 1.82) is 0 Å². The van der Waals surface area contributed by atoms with Crippen LogP contribution < -0.4 is 11.5 Å². The predicted octanol–water partition coefficient (Wildman–Crippen LogP) is 5.23. The highest BCUT2D eigenvalue weighted by atomic mass is 19.4. The zero-order valence-corrected chi connectivity index (χ0v) is 20.0. The van der Waals surface area contributed by atoms with E-state index < -0.39 is 18.1 Å². The summed E-state index contributed by atoms with van der Waals surface area (Å²) in [5.41, 5.74) is 14.9. The van der Waals surface area contributed by atoms with Crippen molar-refractivity contribution in [2.45, 2.75) is 38.4 Å². The number of benzene rings is 3. The smallest absolute Gasteiger partial charge is 0.363 e. The maximum absolute atomic E-state index is 12.9. The molecule has 1 amide bonds. The van der Waals surface area contributed by atoms with Gasteiger partial charge in [0.05, 0.1) is 5.69 Å². The molecule has 4 N–H and O–H groups in total. The second-order valence-corrected chi connectivity index (χ2v) is 9.15. The number of primary amides is 1. The SMILES string of the molecule is Cc1nc(C(N)=O)nn1-c1ccc(C(C)(C)c2ccc(-c3ccc([C@@H](N)C(F)(F)F)cc3)cc2)cc1. The summed E-state index contributed by atoms with van der Waals surface area (Å²) in [5.74, 6) is -0.159. The van der Waals surface area contributed by atoms with Gasteiger partial charge in [0.15, 0.2) is 0 Å². The first-order valence-corrected chi connectivity index (χ1v) is 11.3. The van der Waals surface area contributed by atoms with Crippen LogP contribution in [0.5, 0.6) is 0 Å². The predicted molar refractivity (Wildman–Crippen MR) is 132 cm³/mol. The van der Waals surface area contributed by atoms with E-state index in [1.165, 1.54) is 12.1 Å². The summed E-state index contributed by atoms with van der Waals surface area (Å²) < 4.78 is 40.2. The Kier molecular flexibility index (Phi) is 6.44. The molecule has 3 aromatic carbocycles. The Morgan fingerprint density at radius 3 is 1.78 bits per heavy atom. The van der Waals surface area contributed by atoms with E-state index in [0.29, 0.717) is 5.82 Å². The van der Waals surface area contributed by atoms with Crippen LogP contribution in [0.15, 0.2) is 72.8 Å². The first-order valence-electron chi connectivity index (χ1n) is 11.3. The molecule has 9 heteroatoms. The number of halogens is 3. The molecule has 4 aromatic rings. The van der Waals surface area contributed by atoms with Crippen molar-refractivity contribution in [3.8, 4) is 16.8 Å². The first kappa shape index (κ1) is 25.1. The third-order valence-electron chi connectivity index (χ3n) is 6.39. The lowest BCUT2D eigenvalue weighted by Crippen LogP contribution is -2.28. The van der Waals surface area contributed by atoms with E-state index in [9.17, 15) is 18.0 Å². The molecule has 1 heterocycles. The van der Waals surface area contributed by atoms with Crippen LogP contribution in [0.4, 0.5) is 13.2 Å². The molecule has 1 aromatic heterocycles. The Balaban J connectivity index is 1.54. The van der Waals surface area contributed by atoms with Gasteiger partial charge in [0.2, 0.25) is 5.82 Å². The van der Waals surface area contributed by atoms with Crippen LogP contribution in [-0.2, 0) is 5.41 Å². The van der Waals surface area contributed by atoms with Gasteiger partial charge in [-0.15, -0.1) is 5.10 Å². The molecule has 4 rings (SSSR count). The quantitative estimate of drug-likeness (QED) is 0.384.